The molecule has 0 radical (unpaired) electrons. The van der Waals surface area contributed by atoms with E-state index in [9.17, 15) is 8.42 Å². The Hall–Kier alpha value is -0.170. The van der Waals surface area contributed by atoms with Crippen LogP contribution < -0.4 is 10.5 Å². The van der Waals surface area contributed by atoms with E-state index in [1.54, 1.807) is 6.92 Å². The second-order valence-corrected chi connectivity index (χ2v) is 6.80. The van der Waals surface area contributed by atoms with E-state index in [0.29, 0.717) is 6.54 Å². The van der Waals surface area contributed by atoms with Crippen molar-refractivity contribution in [2.45, 2.75) is 31.6 Å². The lowest BCUT2D eigenvalue weighted by Gasteiger charge is -2.32. The standard InChI is InChI=1S/C9H23N3O2S/c1-8(6-10)15(13,14)11-7-9(2,3)12(4)5/h8,11H,6-7,10H2,1-5H3. The lowest BCUT2D eigenvalue weighted by molar-refractivity contribution is 0.198. The van der Waals surface area contributed by atoms with Crippen molar-refractivity contribution >= 4 is 10.0 Å². The van der Waals surface area contributed by atoms with E-state index in [2.05, 4.69) is 4.72 Å². The minimum absolute atomic E-state index is 0.137. The fourth-order valence-electron chi connectivity index (χ4n) is 0.704. The molecule has 0 aromatic heterocycles. The maximum Gasteiger partial charge on any atom is 0.215 e. The maximum atomic E-state index is 11.6. The summed E-state index contributed by atoms with van der Waals surface area (Å²) in [6.07, 6.45) is 0. The molecule has 0 aliphatic carbocycles. The molecule has 0 fully saturated rings. The van der Waals surface area contributed by atoms with Gasteiger partial charge in [-0.1, -0.05) is 0 Å². The van der Waals surface area contributed by atoms with Crippen LogP contribution in [0, 0.1) is 0 Å². The van der Waals surface area contributed by atoms with Gasteiger partial charge in [0.25, 0.3) is 0 Å². The molecule has 0 bridgehead atoms. The van der Waals surface area contributed by atoms with Gasteiger partial charge in [0.05, 0.1) is 5.25 Å². The first-order valence-corrected chi connectivity index (χ1v) is 6.54. The molecular formula is C9H23N3O2S. The van der Waals surface area contributed by atoms with E-state index >= 15 is 0 Å². The molecule has 0 aliphatic rings. The summed E-state index contributed by atoms with van der Waals surface area (Å²) in [5, 5.41) is -0.546. The molecule has 3 N–H and O–H groups in total. The average molecular weight is 237 g/mol. The Labute approximate surface area is 93.1 Å². The third-order valence-corrected chi connectivity index (χ3v) is 4.58. The van der Waals surface area contributed by atoms with Crippen molar-refractivity contribution in [3.63, 3.8) is 0 Å². The topological polar surface area (TPSA) is 75.4 Å². The van der Waals surface area contributed by atoms with E-state index in [-0.39, 0.29) is 12.1 Å². The van der Waals surface area contributed by atoms with E-state index in [4.69, 9.17) is 5.73 Å². The maximum absolute atomic E-state index is 11.6. The molecule has 1 unspecified atom stereocenters. The number of sulfonamides is 1. The van der Waals surface area contributed by atoms with Gasteiger partial charge in [-0.3, -0.25) is 0 Å². The second-order valence-electron chi connectivity index (χ2n) is 4.62. The molecule has 0 aromatic rings. The molecule has 0 aliphatic heterocycles. The van der Waals surface area contributed by atoms with Crippen molar-refractivity contribution in [2.75, 3.05) is 27.2 Å². The summed E-state index contributed by atoms with van der Waals surface area (Å²) in [5.74, 6) is 0. The fourth-order valence-corrected chi connectivity index (χ4v) is 1.80. The number of hydrogen-bond acceptors (Lipinski definition) is 4. The highest BCUT2D eigenvalue weighted by molar-refractivity contribution is 7.90. The van der Waals surface area contributed by atoms with Crippen LogP contribution >= 0.6 is 0 Å². The molecule has 92 valence electrons. The van der Waals surface area contributed by atoms with Gasteiger partial charge in [0, 0.05) is 18.6 Å². The number of hydrogen-bond donors (Lipinski definition) is 2. The molecule has 0 rings (SSSR count). The SMILES string of the molecule is CC(CN)S(=O)(=O)NCC(C)(C)N(C)C. The highest BCUT2D eigenvalue weighted by Gasteiger charge is 2.25. The summed E-state index contributed by atoms with van der Waals surface area (Å²) in [7, 11) is 0.556. The van der Waals surface area contributed by atoms with Crippen molar-refractivity contribution in [3.05, 3.63) is 0 Å². The van der Waals surface area contributed by atoms with Crippen LogP contribution in [-0.4, -0.2) is 51.3 Å². The summed E-state index contributed by atoms with van der Waals surface area (Å²) >= 11 is 0. The zero-order valence-corrected chi connectivity index (χ0v) is 11.1. The van der Waals surface area contributed by atoms with Crippen molar-refractivity contribution in [1.82, 2.24) is 9.62 Å². The Balaban J connectivity index is 4.40. The minimum atomic E-state index is -3.28. The molecule has 0 heterocycles. The summed E-state index contributed by atoms with van der Waals surface area (Å²) in [6.45, 7) is 6.07. The Morgan fingerprint density at radius 2 is 1.87 bits per heavy atom. The van der Waals surface area contributed by atoms with Crippen LogP contribution in [0.1, 0.15) is 20.8 Å². The van der Waals surface area contributed by atoms with Gasteiger partial charge >= 0.3 is 0 Å². The monoisotopic (exact) mass is 237 g/mol. The first-order valence-electron chi connectivity index (χ1n) is 4.99. The van der Waals surface area contributed by atoms with Gasteiger partial charge in [0.15, 0.2) is 0 Å². The molecule has 0 saturated heterocycles. The molecule has 0 aromatic carbocycles. The number of rotatable bonds is 6. The lowest BCUT2D eigenvalue weighted by atomic mass is 10.1. The summed E-state index contributed by atoms with van der Waals surface area (Å²) < 4.78 is 25.8. The van der Waals surface area contributed by atoms with Gasteiger partial charge in [-0.2, -0.15) is 0 Å². The van der Waals surface area contributed by atoms with Gasteiger partial charge in [-0.15, -0.1) is 0 Å². The number of nitrogens with one attached hydrogen (secondary N) is 1. The van der Waals surface area contributed by atoms with Gasteiger partial charge in [0.1, 0.15) is 0 Å². The van der Waals surface area contributed by atoms with Crippen LogP contribution in [0.15, 0.2) is 0 Å². The molecule has 15 heavy (non-hydrogen) atoms. The quantitative estimate of drug-likeness (QED) is 0.659. The Bertz CT molecular complexity index is 286. The summed E-state index contributed by atoms with van der Waals surface area (Å²) in [5.41, 5.74) is 5.12. The van der Waals surface area contributed by atoms with Crippen molar-refractivity contribution in [2.24, 2.45) is 5.73 Å². The third kappa shape index (κ3) is 4.46. The van der Waals surface area contributed by atoms with E-state index < -0.39 is 15.3 Å². The highest BCUT2D eigenvalue weighted by atomic mass is 32.2. The second kappa shape index (κ2) is 5.25. The van der Waals surface area contributed by atoms with Crippen LogP contribution in [-0.2, 0) is 10.0 Å². The Kier molecular flexibility index (Phi) is 5.19. The first-order chi connectivity index (χ1) is 6.63. The van der Waals surface area contributed by atoms with Crippen LogP contribution in [0.2, 0.25) is 0 Å². The highest BCUT2D eigenvalue weighted by Crippen LogP contribution is 2.09. The smallest absolute Gasteiger partial charge is 0.215 e. The van der Waals surface area contributed by atoms with Crippen LogP contribution in [0.4, 0.5) is 0 Å². The van der Waals surface area contributed by atoms with Gasteiger partial charge in [0.2, 0.25) is 10.0 Å². The largest absolute Gasteiger partial charge is 0.329 e. The number of likely N-dealkylation sites (N-methyl/N-ethyl adjacent to an activating group) is 1. The summed E-state index contributed by atoms with van der Waals surface area (Å²) in [6, 6.07) is 0. The summed E-state index contributed by atoms with van der Waals surface area (Å²) in [4.78, 5) is 1.97. The molecule has 6 heteroatoms. The first kappa shape index (κ1) is 14.8. The molecule has 0 amide bonds. The molecule has 5 nitrogen and oxygen atoms in total. The molecular weight excluding hydrogens is 214 g/mol. The van der Waals surface area contributed by atoms with Crippen molar-refractivity contribution < 1.29 is 8.42 Å². The molecule has 0 saturated carbocycles. The minimum Gasteiger partial charge on any atom is -0.329 e. The van der Waals surface area contributed by atoms with Gasteiger partial charge < -0.3 is 10.6 Å². The van der Waals surface area contributed by atoms with Crippen LogP contribution in [0.5, 0.6) is 0 Å². The Morgan fingerprint density at radius 3 is 2.20 bits per heavy atom. The lowest BCUT2D eigenvalue weighted by Crippen LogP contribution is -2.50. The predicted molar refractivity (Wildman–Crippen MR) is 63.2 cm³/mol. The van der Waals surface area contributed by atoms with Crippen LogP contribution in [0.25, 0.3) is 0 Å². The van der Waals surface area contributed by atoms with Crippen LogP contribution in [0.3, 0.4) is 0 Å². The van der Waals surface area contributed by atoms with E-state index in [1.807, 2.05) is 32.8 Å². The predicted octanol–water partition coefficient (Wildman–Crippen LogP) is -0.407. The fraction of sp³-hybridized carbons (Fsp3) is 1.00. The molecule has 1 atom stereocenters. The van der Waals surface area contributed by atoms with Gasteiger partial charge in [-0.05, 0) is 34.9 Å². The number of nitrogens with zero attached hydrogens (tertiary/aromatic N) is 1. The van der Waals surface area contributed by atoms with E-state index in [1.165, 1.54) is 0 Å². The number of nitrogens with two attached hydrogens (primary N) is 1. The normalized spacial score (nSPS) is 15.7. The third-order valence-electron chi connectivity index (χ3n) is 2.78. The zero-order chi connectivity index (χ0) is 12.3. The average Bonchev–Trinajstić information content (AvgIpc) is 2.13. The van der Waals surface area contributed by atoms with Crippen molar-refractivity contribution in [1.29, 1.82) is 0 Å². The van der Waals surface area contributed by atoms with E-state index in [0.717, 1.165) is 0 Å². The Morgan fingerprint density at radius 1 is 1.40 bits per heavy atom. The zero-order valence-electron chi connectivity index (χ0n) is 10.2. The molecule has 0 spiro atoms. The van der Waals surface area contributed by atoms with Gasteiger partial charge in [-0.25, -0.2) is 13.1 Å². The van der Waals surface area contributed by atoms with Crippen molar-refractivity contribution in [3.8, 4) is 0 Å².